The van der Waals surface area contributed by atoms with Gasteiger partial charge in [-0.05, 0) is 27.2 Å². The highest BCUT2D eigenvalue weighted by Crippen LogP contribution is 2.13. The molecule has 0 bridgehead atoms. The van der Waals surface area contributed by atoms with Gasteiger partial charge in [0.1, 0.15) is 6.61 Å². The van der Waals surface area contributed by atoms with Crippen molar-refractivity contribution in [1.82, 2.24) is 0 Å². The summed E-state index contributed by atoms with van der Waals surface area (Å²) in [5, 5.41) is 0. The van der Waals surface area contributed by atoms with Crippen molar-refractivity contribution in [2.45, 2.75) is 46.5 Å². The van der Waals surface area contributed by atoms with E-state index in [1.807, 2.05) is 6.92 Å². The first-order valence-corrected chi connectivity index (χ1v) is 7.77. The molecule has 140 valence electrons. The number of carbonyl (C=O) groups excluding carboxylic acids is 3. The van der Waals surface area contributed by atoms with Crippen LogP contribution in [0.25, 0.3) is 0 Å². The highest BCUT2D eigenvalue weighted by molar-refractivity contribution is 5.88. The molecule has 0 aliphatic rings. The molecule has 0 heterocycles. The van der Waals surface area contributed by atoms with Crippen LogP contribution in [0.2, 0.25) is 0 Å². The highest BCUT2D eigenvalue weighted by atomic mass is 16.7. The Bertz CT molecular complexity index is 548. The zero-order valence-electron chi connectivity index (χ0n) is 15.3. The van der Waals surface area contributed by atoms with E-state index in [2.05, 4.69) is 19.7 Å². The maximum Gasteiger partial charge on any atom is 0.335 e. The van der Waals surface area contributed by atoms with E-state index < -0.39 is 30.3 Å². The second-order valence-corrected chi connectivity index (χ2v) is 5.53. The summed E-state index contributed by atoms with van der Waals surface area (Å²) in [7, 11) is 0. The van der Waals surface area contributed by atoms with E-state index in [1.165, 1.54) is 20.8 Å². The first-order chi connectivity index (χ1) is 11.6. The van der Waals surface area contributed by atoms with Gasteiger partial charge < -0.3 is 18.9 Å². The Labute approximate surface area is 148 Å². The summed E-state index contributed by atoms with van der Waals surface area (Å²) < 4.78 is 20.8. The molecule has 0 fully saturated rings. The maximum atomic E-state index is 11.8. The zero-order chi connectivity index (χ0) is 19.6. The lowest BCUT2D eigenvalue weighted by Crippen LogP contribution is -2.41. The number of carbonyl (C=O) groups is 3. The van der Waals surface area contributed by atoms with Crippen LogP contribution in [0.4, 0.5) is 0 Å². The minimum atomic E-state index is -1.26. The third-order valence-electron chi connectivity index (χ3n) is 2.70. The summed E-state index contributed by atoms with van der Waals surface area (Å²) in [4.78, 5) is 35.2. The molecule has 0 spiro atoms. The van der Waals surface area contributed by atoms with Crippen LogP contribution in [0.15, 0.2) is 36.5 Å². The molecule has 2 unspecified atom stereocenters. The van der Waals surface area contributed by atoms with E-state index in [0.29, 0.717) is 6.42 Å². The number of hydrogen-bond acceptors (Lipinski definition) is 7. The van der Waals surface area contributed by atoms with Crippen LogP contribution in [0, 0.1) is 0 Å². The van der Waals surface area contributed by atoms with Crippen molar-refractivity contribution >= 4 is 17.9 Å². The molecule has 0 rings (SSSR count). The Morgan fingerprint density at radius 2 is 1.32 bits per heavy atom. The predicted molar refractivity (Wildman–Crippen MR) is 91.4 cm³/mol. The molecule has 0 aliphatic heterocycles. The average molecular weight is 354 g/mol. The molecule has 0 N–H and O–H groups in total. The Balaban J connectivity index is 5.31. The van der Waals surface area contributed by atoms with Gasteiger partial charge in [-0.1, -0.05) is 26.7 Å². The second-order valence-electron chi connectivity index (χ2n) is 5.53. The van der Waals surface area contributed by atoms with Gasteiger partial charge in [0.25, 0.3) is 0 Å². The molecule has 0 aromatic carbocycles. The molecular formula is C18H26O7. The first kappa shape index (κ1) is 22.6. The summed E-state index contributed by atoms with van der Waals surface area (Å²) in [5.41, 5.74) is 0.459. The average Bonchev–Trinajstić information content (AvgIpc) is 2.54. The quantitative estimate of drug-likeness (QED) is 0.244. The fourth-order valence-corrected chi connectivity index (χ4v) is 1.34. The SMILES string of the molecule is C=C(C)C(=O)OCC(OC(=O)C(=C)C)C(OCCC)OC(=O)C(=C)C. The van der Waals surface area contributed by atoms with E-state index in [0.717, 1.165) is 0 Å². The van der Waals surface area contributed by atoms with E-state index in [1.54, 1.807) is 0 Å². The Morgan fingerprint density at radius 3 is 1.76 bits per heavy atom. The number of esters is 3. The van der Waals surface area contributed by atoms with Crippen LogP contribution in [-0.2, 0) is 33.3 Å². The number of hydrogen-bond donors (Lipinski definition) is 0. The third-order valence-corrected chi connectivity index (χ3v) is 2.70. The fourth-order valence-electron chi connectivity index (χ4n) is 1.34. The Kier molecular flexibility index (Phi) is 10.1. The largest absolute Gasteiger partial charge is 0.458 e. The standard InChI is InChI=1S/C18H26O7/c1-8-9-22-18(25-17(21)13(6)7)14(24-16(20)12(4)5)10-23-15(19)11(2)3/h14,18H,2,4,6,8-10H2,1,3,5,7H3. The van der Waals surface area contributed by atoms with Gasteiger partial charge in [0.05, 0.1) is 6.61 Å². The molecule has 0 saturated heterocycles. The minimum Gasteiger partial charge on any atom is -0.458 e. The lowest BCUT2D eigenvalue weighted by Gasteiger charge is -2.26. The van der Waals surface area contributed by atoms with Gasteiger partial charge >= 0.3 is 17.9 Å². The van der Waals surface area contributed by atoms with Gasteiger partial charge in [-0.3, -0.25) is 0 Å². The van der Waals surface area contributed by atoms with Crippen molar-refractivity contribution in [3.8, 4) is 0 Å². The van der Waals surface area contributed by atoms with Crippen molar-refractivity contribution in [3.05, 3.63) is 36.5 Å². The lowest BCUT2D eigenvalue weighted by molar-refractivity contribution is -0.216. The van der Waals surface area contributed by atoms with Gasteiger partial charge in [0, 0.05) is 16.7 Å². The van der Waals surface area contributed by atoms with Crippen molar-refractivity contribution in [2.75, 3.05) is 13.2 Å². The lowest BCUT2D eigenvalue weighted by atomic mass is 10.3. The van der Waals surface area contributed by atoms with Gasteiger partial charge in [-0.2, -0.15) is 0 Å². The predicted octanol–water partition coefficient (Wildman–Crippen LogP) is 2.47. The molecule has 7 heteroatoms. The van der Waals surface area contributed by atoms with Crippen LogP contribution in [0.1, 0.15) is 34.1 Å². The van der Waals surface area contributed by atoms with Crippen molar-refractivity contribution in [1.29, 1.82) is 0 Å². The monoisotopic (exact) mass is 354 g/mol. The van der Waals surface area contributed by atoms with E-state index in [-0.39, 0.29) is 29.9 Å². The first-order valence-electron chi connectivity index (χ1n) is 7.77. The van der Waals surface area contributed by atoms with E-state index >= 15 is 0 Å². The molecule has 0 aromatic rings. The fraction of sp³-hybridized carbons (Fsp3) is 0.500. The van der Waals surface area contributed by atoms with E-state index in [4.69, 9.17) is 18.9 Å². The van der Waals surface area contributed by atoms with Crippen molar-refractivity contribution in [3.63, 3.8) is 0 Å². The van der Waals surface area contributed by atoms with Crippen LogP contribution in [0.3, 0.4) is 0 Å². The summed E-state index contributed by atoms with van der Waals surface area (Å²) in [6, 6.07) is 0. The molecule has 2 atom stereocenters. The smallest absolute Gasteiger partial charge is 0.335 e. The van der Waals surface area contributed by atoms with E-state index in [9.17, 15) is 14.4 Å². The normalized spacial score (nSPS) is 12.5. The van der Waals surface area contributed by atoms with Crippen molar-refractivity contribution in [2.24, 2.45) is 0 Å². The van der Waals surface area contributed by atoms with Crippen LogP contribution in [-0.4, -0.2) is 43.5 Å². The molecule has 0 amide bonds. The number of ether oxygens (including phenoxy) is 4. The Hall–Kier alpha value is -2.41. The van der Waals surface area contributed by atoms with Crippen molar-refractivity contribution < 1.29 is 33.3 Å². The summed E-state index contributed by atoms with van der Waals surface area (Å²) in [6.07, 6.45) is -1.79. The molecule has 0 radical (unpaired) electrons. The van der Waals surface area contributed by atoms with Crippen LogP contribution >= 0.6 is 0 Å². The van der Waals surface area contributed by atoms with Crippen LogP contribution < -0.4 is 0 Å². The molecule has 25 heavy (non-hydrogen) atoms. The zero-order valence-corrected chi connectivity index (χ0v) is 15.3. The van der Waals surface area contributed by atoms with Gasteiger partial charge in [0.15, 0.2) is 6.10 Å². The molecule has 0 saturated carbocycles. The highest BCUT2D eigenvalue weighted by Gasteiger charge is 2.31. The third kappa shape index (κ3) is 8.85. The topological polar surface area (TPSA) is 88.1 Å². The molecular weight excluding hydrogens is 328 g/mol. The molecule has 0 aromatic heterocycles. The maximum absolute atomic E-state index is 11.8. The van der Waals surface area contributed by atoms with Gasteiger partial charge in [-0.15, -0.1) is 0 Å². The molecule has 0 aliphatic carbocycles. The van der Waals surface area contributed by atoms with Crippen LogP contribution in [0.5, 0.6) is 0 Å². The summed E-state index contributed by atoms with van der Waals surface area (Å²) in [6.45, 7) is 16.6. The van der Waals surface area contributed by atoms with Gasteiger partial charge in [0.2, 0.25) is 6.29 Å². The second kappa shape index (κ2) is 11.2. The minimum absolute atomic E-state index is 0.136. The van der Waals surface area contributed by atoms with Gasteiger partial charge in [-0.25, -0.2) is 14.4 Å². The summed E-state index contributed by atoms with van der Waals surface area (Å²) >= 11 is 0. The Morgan fingerprint density at radius 1 is 0.840 bits per heavy atom. The summed E-state index contributed by atoms with van der Waals surface area (Å²) in [5.74, 6) is -2.12. The molecule has 7 nitrogen and oxygen atoms in total. The number of rotatable bonds is 11.